The minimum atomic E-state index is -0.120. The van der Waals surface area contributed by atoms with E-state index < -0.39 is 0 Å². The Hall–Kier alpha value is -4.13. The van der Waals surface area contributed by atoms with Crippen molar-refractivity contribution in [1.29, 1.82) is 5.41 Å². The number of nitrogens with one attached hydrogen (secondary N) is 2. The normalized spacial score (nSPS) is 16.0. The molecule has 0 bridgehead atoms. The number of aromatic nitrogens is 1. The number of hydrogen-bond donors (Lipinski definition) is 3. The predicted octanol–water partition coefficient (Wildman–Crippen LogP) is 6.74. The zero-order valence-corrected chi connectivity index (χ0v) is 24.9. The fourth-order valence-electron chi connectivity index (χ4n) is 6.33. The molecular formula is C35H37ClN5O+. The minimum Gasteiger partial charge on any atom is -0.384 e. The summed E-state index contributed by atoms with van der Waals surface area (Å²) in [5, 5.41) is 15.3. The number of nitrogen functional groups attached to an aromatic ring is 1. The smallest absolute Gasteiger partial charge is 0.268 e. The lowest BCUT2D eigenvalue weighted by Crippen LogP contribution is -2.48. The van der Waals surface area contributed by atoms with E-state index >= 15 is 0 Å². The van der Waals surface area contributed by atoms with E-state index in [1.807, 2.05) is 72.8 Å². The summed E-state index contributed by atoms with van der Waals surface area (Å²) in [6, 6.07) is 30.0. The van der Waals surface area contributed by atoms with Gasteiger partial charge in [0.15, 0.2) is 0 Å². The zero-order valence-electron chi connectivity index (χ0n) is 24.1. The molecule has 0 spiro atoms. The minimum absolute atomic E-state index is 0.0296. The van der Waals surface area contributed by atoms with Crippen molar-refractivity contribution in [3.05, 3.63) is 118 Å². The van der Waals surface area contributed by atoms with E-state index in [2.05, 4.69) is 42.2 Å². The number of hydrogen-bond acceptors (Lipinski definition) is 2. The van der Waals surface area contributed by atoms with Crippen LogP contribution in [0.5, 0.6) is 0 Å². The third-order valence-electron chi connectivity index (χ3n) is 8.78. The summed E-state index contributed by atoms with van der Waals surface area (Å²) in [6.45, 7) is 2.65. The van der Waals surface area contributed by atoms with Gasteiger partial charge in [-0.15, -0.1) is 0 Å². The van der Waals surface area contributed by atoms with E-state index in [-0.39, 0.29) is 17.8 Å². The largest absolute Gasteiger partial charge is 0.384 e. The molecule has 4 N–H and O–H groups in total. The maximum absolute atomic E-state index is 14.3. The number of amides is 1. The number of nitrogens with two attached hydrogens (primary N) is 1. The van der Waals surface area contributed by atoms with Gasteiger partial charge in [-0.3, -0.25) is 10.2 Å². The highest BCUT2D eigenvalue weighted by Crippen LogP contribution is 2.35. The molecule has 6 nitrogen and oxygen atoms in total. The number of halogens is 1. The van der Waals surface area contributed by atoms with E-state index in [4.69, 9.17) is 22.7 Å². The van der Waals surface area contributed by atoms with Gasteiger partial charge in [0.1, 0.15) is 11.5 Å². The molecule has 0 saturated carbocycles. The van der Waals surface area contributed by atoms with Crippen molar-refractivity contribution in [2.24, 2.45) is 11.7 Å². The van der Waals surface area contributed by atoms with Gasteiger partial charge in [0.25, 0.3) is 5.91 Å². The highest BCUT2D eigenvalue weighted by atomic mass is 35.5. The van der Waals surface area contributed by atoms with Crippen LogP contribution in [0.15, 0.2) is 91.0 Å². The van der Waals surface area contributed by atoms with Crippen LogP contribution in [0, 0.1) is 11.3 Å². The van der Waals surface area contributed by atoms with Gasteiger partial charge in [0, 0.05) is 40.9 Å². The van der Waals surface area contributed by atoms with Crippen LogP contribution in [-0.4, -0.2) is 48.0 Å². The van der Waals surface area contributed by atoms with Gasteiger partial charge in [0.2, 0.25) is 0 Å². The highest BCUT2D eigenvalue weighted by molar-refractivity contribution is 6.31. The molecule has 0 radical (unpaired) electrons. The molecule has 1 amide bonds. The first kappa shape index (κ1) is 28.0. The van der Waals surface area contributed by atoms with Gasteiger partial charge in [-0.2, -0.15) is 0 Å². The van der Waals surface area contributed by atoms with Crippen molar-refractivity contribution in [1.82, 2.24) is 9.88 Å². The Labute approximate surface area is 251 Å². The Balaban J connectivity index is 1.37. The van der Waals surface area contributed by atoms with Crippen LogP contribution in [0.25, 0.3) is 21.7 Å². The van der Waals surface area contributed by atoms with Crippen molar-refractivity contribution in [3.63, 3.8) is 0 Å². The zero-order chi connectivity index (χ0) is 29.4. The second-order valence-corrected chi connectivity index (χ2v) is 12.6. The number of carbonyl (C=O) groups is 1. The average molecular weight is 579 g/mol. The van der Waals surface area contributed by atoms with Gasteiger partial charge < -0.3 is 20.1 Å². The van der Waals surface area contributed by atoms with Crippen molar-refractivity contribution >= 4 is 45.0 Å². The third kappa shape index (κ3) is 5.78. The molecule has 0 aliphatic carbocycles. The molecule has 214 valence electrons. The number of piperidine rings is 1. The lowest BCUT2D eigenvalue weighted by Gasteiger charge is -2.40. The summed E-state index contributed by atoms with van der Waals surface area (Å²) < 4.78 is 3.07. The predicted molar refractivity (Wildman–Crippen MR) is 172 cm³/mol. The second-order valence-electron chi connectivity index (χ2n) is 12.2. The first-order chi connectivity index (χ1) is 20.2. The monoisotopic (exact) mass is 578 g/mol. The molecule has 1 atom stereocenters. The average Bonchev–Trinajstić information content (AvgIpc) is 3.34. The van der Waals surface area contributed by atoms with Gasteiger partial charge in [-0.05, 0) is 64.2 Å². The van der Waals surface area contributed by atoms with E-state index in [1.165, 1.54) is 0 Å². The first-order valence-corrected chi connectivity index (χ1v) is 14.9. The van der Waals surface area contributed by atoms with Crippen LogP contribution in [-0.2, 0) is 6.54 Å². The van der Waals surface area contributed by atoms with Crippen molar-refractivity contribution < 1.29 is 9.28 Å². The topological polar surface area (TPSA) is 83.9 Å². The van der Waals surface area contributed by atoms with Crippen LogP contribution in [0.4, 0.5) is 0 Å². The van der Waals surface area contributed by atoms with E-state index in [9.17, 15) is 4.79 Å². The lowest BCUT2D eigenvalue weighted by molar-refractivity contribution is -0.896. The molecular weight excluding hydrogens is 542 g/mol. The standard InChI is InChI=1S/C35H36ClN5O/c1-41(2)16-14-24(15-17-41)33(28-11-10-26-20-30(36)13-12-25(26)19-28)39-35(42)32-21-27-7-3-4-9-31(27)40(32)22-23-6-5-8-29(18-23)34(37)38/h3-13,18-21,24,33H,14-17,22H2,1-2H3,(H3-,37,38,39,42)/p+1. The maximum atomic E-state index is 14.3. The summed E-state index contributed by atoms with van der Waals surface area (Å²) in [7, 11) is 4.56. The summed E-state index contributed by atoms with van der Waals surface area (Å²) in [5.41, 5.74) is 10.2. The molecule has 5 aromatic rings. The Bertz CT molecular complexity index is 1800. The number of para-hydroxylation sites is 1. The molecule has 1 aromatic heterocycles. The Kier molecular flexibility index (Phi) is 7.52. The molecule has 1 aliphatic rings. The Morgan fingerprint density at radius 1 is 0.952 bits per heavy atom. The third-order valence-corrected chi connectivity index (χ3v) is 9.01. The van der Waals surface area contributed by atoms with Crippen LogP contribution < -0.4 is 11.1 Å². The van der Waals surface area contributed by atoms with Crippen LogP contribution in [0.2, 0.25) is 5.02 Å². The van der Waals surface area contributed by atoms with Crippen molar-refractivity contribution in [2.75, 3.05) is 27.2 Å². The Morgan fingerprint density at radius 2 is 1.69 bits per heavy atom. The summed E-state index contributed by atoms with van der Waals surface area (Å²) in [6.07, 6.45) is 2.08. The molecule has 6 rings (SSSR count). The van der Waals surface area contributed by atoms with Crippen molar-refractivity contribution in [2.45, 2.75) is 25.4 Å². The summed E-state index contributed by atoms with van der Waals surface area (Å²) in [4.78, 5) is 14.3. The van der Waals surface area contributed by atoms with E-state index in [0.717, 1.165) is 63.2 Å². The van der Waals surface area contributed by atoms with Crippen molar-refractivity contribution in [3.8, 4) is 0 Å². The fraction of sp³-hybridized carbons (Fsp3) is 0.257. The van der Waals surface area contributed by atoms with Crippen LogP contribution in [0.3, 0.4) is 0 Å². The number of fused-ring (bicyclic) bond motifs is 2. The molecule has 1 saturated heterocycles. The number of benzene rings is 4. The molecule has 1 aliphatic heterocycles. The van der Waals surface area contributed by atoms with Gasteiger partial charge >= 0.3 is 0 Å². The number of nitrogens with zero attached hydrogens (tertiary/aromatic N) is 2. The molecule has 1 fully saturated rings. The molecule has 7 heteroatoms. The first-order valence-electron chi connectivity index (χ1n) is 14.5. The van der Waals surface area contributed by atoms with Gasteiger partial charge in [-0.25, -0.2) is 0 Å². The van der Waals surface area contributed by atoms with Crippen LogP contribution >= 0.6 is 11.6 Å². The maximum Gasteiger partial charge on any atom is 0.268 e. The van der Waals surface area contributed by atoms with E-state index in [0.29, 0.717) is 28.7 Å². The Morgan fingerprint density at radius 3 is 2.48 bits per heavy atom. The quantitative estimate of drug-likeness (QED) is 0.114. The fourth-order valence-corrected chi connectivity index (χ4v) is 6.51. The number of quaternary nitrogens is 1. The number of carbonyl (C=O) groups excluding carboxylic acids is 1. The van der Waals surface area contributed by atoms with Gasteiger partial charge in [-0.1, -0.05) is 66.2 Å². The SMILES string of the molecule is C[N+]1(C)CCC(C(NC(=O)c2cc3ccccc3n2Cc2cccc(C(=N)N)c2)c2ccc3cc(Cl)ccc3c2)CC1. The summed E-state index contributed by atoms with van der Waals surface area (Å²) in [5.74, 6) is 0.270. The number of amidine groups is 1. The lowest BCUT2D eigenvalue weighted by atomic mass is 9.84. The van der Waals surface area contributed by atoms with Crippen LogP contribution in [0.1, 0.15) is 46.1 Å². The second kappa shape index (κ2) is 11.3. The van der Waals surface area contributed by atoms with Gasteiger partial charge in [0.05, 0.1) is 33.2 Å². The summed E-state index contributed by atoms with van der Waals surface area (Å²) >= 11 is 6.26. The highest BCUT2D eigenvalue weighted by Gasteiger charge is 2.34. The molecule has 42 heavy (non-hydrogen) atoms. The molecule has 1 unspecified atom stereocenters. The molecule has 2 heterocycles. The number of likely N-dealkylation sites (tertiary alicyclic amines) is 1. The number of rotatable bonds is 7. The van der Waals surface area contributed by atoms with E-state index in [1.54, 1.807) is 0 Å². The molecule has 4 aromatic carbocycles.